The molecule has 0 bridgehead atoms. The Balaban J connectivity index is 1.91. The molecule has 0 aliphatic carbocycles. The normalized spacial score (nSPS) is 17.8. The number of carbonyl (C=O) groups is 5. The number of benzene rings is 1. The van der Waals surface area contributed by atoms with E-state index in [-0.39, 0.29) is 67.3 Å². The number of thiazole rings is 1. The zero-order chi connectivity index (χ0) is 41.5. The third-order valence-electron chi connectivity index (χ3n) is 10.4. The number of amides is 3. The van der Waals surface area contributed by atoms with Gasteiger partial charge in [-0.15, -0.1) is 17.9 Å². The molecule has 4 N–H and O–H groups in total. The van der Waals surface area contributed by atoms with Gasteiger partial charge in [-0.05, 0) is 68.8 Å². The van der Waals surface area contributed by atoms with Gasteiger partial charge >= 0.3 is 11.9 Å². The minimum absolute atomic E-state index is 0.0661. The largest absolute Gasteiger partial charge is 0.508 e. The van der Waals surface area contributed by atoms with Crippen LogP contribution in [0.25, 0.3) is 0 Å². The van der Waals surface area contributed by atoms with Gasteiger partial charge in [-0.1, -0.05) is 65.7 Å². The van der Waals surface area contributed by atoms with Gasteiger partial charge < -0.3 is 35.2 Å². The summed E-state index contributed by atoms with van der Waals surface area (Å²) >= 11 is 1.13. The fourth-order valence-corrected chi connectivity index (χ4v) is 7.73. The molecule has 1 aromatic carbocycles. The number of aliphatic carboxylic acids is 1. The zero-order valence-corrected chi connectivity index (χ0v) is 34.7. The number of carboxylic acids is 1. The van der Waals surface area contributed by atoms with Gasteiger partial charge in [0.1, 0.15) is 29.2 Å². The fraction of sp³-hybridized carbons (Fsp3) is 0.610. The van der Waals surface area contributed by atoms with Crippen LogP contribution in [0.2, 0.25) is 0 Å². The minimum Gasteiger partial charge on any atom is -0.508 e. The van der Waals surface area contributed by atoms with Gasteiger partial charge in [-0.2, -0.15) is 0 Å². The summed E-state index contributed by atoms with van der Waals surface area (Å²) in [7, 11) is 1.92. The highest BCUT2D eigenvalue weighted by Crippen LogP contribution is 2.32. The first-order chi connectivity index (χ1) is 26.6. The molecule has 2 aromatic rings. The average Bonchev–Trinajstić information content (AvgIpc) is 3.65. The average molecular weight is 800 g/mol. The van der Waals surface area contributed by atoms with Crippen LogP contribution in [0.3, 0.4) is 0 Å². The summed E-state index contributed by atoms with van der Waals surface area (Å²) in [5.74, 6) is -3.61. The van der Waals surface area contributed by atoms with E-state index in [9.17, 15) is 34.2 Å². The van der Waals surface area contributed by atoms with Crippen LogP contribution in [0.15, 0.2) is 42.3 Å². The van der Waals surface area contributed by atoms with Crippen LogP contribution in [0, 0.1) is 17.8 Å². The van der Waals surface area contributed by atoms with E-state index in [0.29, 0.717) is 24.3 Å². The molecule has 1 aliphatic rings. The quantitative estimate of drug-likeness (QED) is 0.0523. The molecule has 0 saturated carbocycles. The van der Waals surface area contributed by atoms with Crippen molar-refractivity contribution in [1.82, 2.24) is 25.4 Å². The number of ether oxygens (including phenoxy) is 2. The monoisotopic (exact) mass is 799 g/mol. The Kier molecular flexibility index (Phi) is 18.4. The Morgan fingerprint density at radius 2 is 1.79 bits per heavy atom. The second-order valence-electron chi connectivity index (χ2n) is 15.2. The number of likely N-dealkylation sites (N-methyl/N-ethyl adjacent to an activating group) is 1. The van der Waals surface area contributed by atoms with E-state index in [1.807, 2.05) is 39.6 Å². The highest BCUT2D eigenvalue weighted by Gasteiger charge is 2.39. The first-order valence-electron chi connectivity index (χ1n) is 19.5. The number of likely N-dealkylation sites (tertiary alicyclic amines) is 1. The molecule has 1 fully saturated rings. The van der Waals surface area contributed by atoms with Gasteiger partial charge in [-0.25, -0.2) is 4.98 Å². The maximum Gasteiger partial charge on any atom is 0.306 e. The molecule has 310 valence electrons. The highest BCUT2D eigenvalue weighted by atomic mass is 32.1. The number of aromatic hydroxyl groups is 1. The van der Waals surface area contributed by atoms with Gasteiger partial charge in [0, 0.05) is 30.8 Å². The summed E-state index contributed by atoms with van der Waals surface area (Å²) in [4.78, 5) is 74.3. The number of aromatic nitrogens is 1. The highest BCUT2D eigenvalue weighted by molar-refractivity contribution is 7.09. The topological polar surface area (TPSA) is 188 Å². The summed E-state index contributed by atoms with van der Waals surface area (Å²) in [5.41, 5.74) is 0.864. The molecule has 3 amide bonds. The van der Waals surface area contributed by atoms with Crippen LogP contribution in [0.4, 0.5) is 0 Å². The number of esters is 1. The van der Waals surface area contributed by atoms with Crippen molar-refractivity contribution in [2.75, 3.05) is 26.9 Å². The van der Waals surface area contributed by atoms with E-state index < -0.39 is 48.0 Å². The Hall–Kier alpha value is -4.34. The lowest BCUT2D eigenvalue weighted by molar-refractivity contribution is -0.153. The van der Waals surface area contributed by atoms with E-state index in [1.165, 1.54) is 19.1 Å². The van der Waals surface area contributed by atoms with Crippen molar-refractivity contribution in [3.63, 3.8) is 0 Å². The standard InChI is InChI=1S/C41H61N5O9S/c1-9-19-54-24-46(40(51)36(26(5)10-2)44-38(50)33-13-11-12-18-45(33)8)34(25(3)4)22-35(55-28(7)47)39-43-32(23-56-39)37(49)42-30(20-27(6)41(52)53)21-29-14-16-31(48)17-15-29/h9,14-17,23,25-27,30,33-36,48H,1,10-13,18-22,24H2,2-8H3,(H,42,49)(H,44,50)(H,52,53). The summed E-state index contributed by atoms with van der Waals surface area (Å²) in [5, 5.41) is 27.2. The van der Waals surface area contributed by atoms with Crippen LogP contribution in [-0.2, 0) is 35.1 Å². The number of hydrogen-bond donors (Lipinski definition) is 4. The molecule has 0 spiro atoms. The molecule has 7 atom stereocenters. The van der Waals surface area contributed by atoms with Gasteiger partial charge in [0.2, 0.25) is 11.8 Å². The molecule has 0 radical (unpaired) electrons. The lowest BCUT2D eigenvalue weighted by Gasteiger charge is -2.39. The van der Waals surface area contributed by atoms with Crippen molar-refractivity contribution in [2.24, 2.45) is 17.8 Å². The third-order valence-corrected chi connectivity index (χ3v) is 11.3. The number of nitrogens with one attached hydrogen (secondary N) is 2. The number of hydrogen-bond acceptors (Lipinski definition) is 11. The molecule has 56 heavy (non-hydrogen) atoms. The zero-order valence-electron chi connectivity index (χ0n) is 33.9. The van der Waals surface area contributed by atoms with Crippen LogP contribution in [-0.4, -0.2) is 106 Å². The van der Waals surface area contributed by atoms with E-state index in [2.05, 4.69) is 22.2 Å². The van der Waals surface area contributed by atoms with Gasteiger partial charge in [0.15, 0.2) is 6.10 Å². The molecular weight excluding hydrogens is 739 g/mol. The van der Waals surface area contributed by atoms with E-state index in [1.54, 1.807) is 35.4 Å². The Bertz CT molecular complexity index is 1620. The van der Waals surface area contributed by atoms with Crippen molar-refractivity contribution in [1.29, 1.82) is 0 Å². The predicted molar refractivity (Wildman–Crippen MR) is 214 cm³/mol. The molecule has 1 saturated heterocycles. The number of carbonyl (C=O) groups excluding carboxylic acids is 4. The van der Waals surface area contributed by atoms with Crippen molar-refractivity contribution in [2.45, 2.75) is 117 Å². The van der Waals surface area contributed by atoms with E-state index >= 15 is 0 Å². The van der Waals surface area contributed by atoms with Crippen molar-refractivity contribution in [3.05, 3.63) is 58.6 Å². The van der Waals surface area contributed by atoms with Crippen LogP contribution in [0.1, 0.15) is 107 Å². The van der Waals surface area contributed by atoms with Crippen molar-refractivity contribution in [3.8, 4) is 5.75 Å². The Morgan fingerprint density at radius 3 is 2.38 bits per heavy atom. The molecule has 2 heterocycles. The molecule has 3 rings (SSSR count). The maximum absolute atomic E-state index is 14.7. The SMILES string of the molecule is C=CCOCN(C(=O)C(NC(=O)C1CCCCN1C)C(C)CC)C(CC(OC(C)=O)c1nc(C(=O)NC(Cc2ccc(O)cc2)CC(C)C(=O)O)cs1)C(C)C. The second kappa shape index (κ2) is 22.4. The molecule has 7 unspecified atom stereocenters. The first kappa shape index (κ1) is 46.0. The summed E-state index contributed by atoms with van der Waals surface area (Å²) in [6, 6.07) is 4.19. The lowest BCUT2D eigenvalue weighted by Crippen LogP contribution is -2.59. The smallest absolute Gasteiger partial charge is 0.306 e. The summed E-state index contributed by atoms with van der Waals surface area (Å²) in [6.07, 6.45) is 4.54. The minimum atomic E-state index is -0.994. The number of piperidine rings is 1. The lowest BCUT2D eigenvalue weighted by atomic mass is 9.92. The van der Waals surface area contributed by atoms with Crippen LogP contribution in [0.5, 0.6) is 5.75 Å². The molecule has 15 heteroatoms. The Morgan fingerprint density at radius 1 is 1.09 bits per heavy atom. The molecule has 1 aliphatic heterocycles. The number of nitrogens with zero attached hydrogens (tertiary/aromatic N) is 3. The van der Waals surface area contributed by atoms with Crippen LogP contribution >= 0.6 is 11.3 Å². The third kappa shape index (κ3) is 13.7. The van der Waals surface area contributed by atoms with Crippen molar-refractivity contribution >= 4 is 41.0 Å². The summed E-state index contributed by atoms with van der Waals surface area (Å²) < 4.78 is 11.7. The number of rotatable bonds is 22. The van der Waals surface area contributed by atoms with Crippen LogP contribution < -0.4 is 10.6 Å². The van der Waals surface area contributed by atoms with Crippen molar-refractivity contribution < 1.29 is 43.7 Å². The Labute approximate surface area is 335 Å². The maximum atomic E-state index is 14.7. The number of phenols is 1. The molecular formula is C41H61N5O9S. The molecule has 14 nitrogen and oxygen atoms in total. The molecule has 1 aromatic heterocycles. The van der Waals surface area contributed by atoms with E-state index in [4.69, 9.17) is 9.47 Å². The first-order valence-corrected chi connectivity index (χ1v) is 20.4. The summed E-state index contributed by atoms with van der Waals surface area (Å²) in [6.45, 7) is 15.3. The van der Waals surface area contributed by atoms with Gasteiger partial charge in [-0.3, -0.25) is 28.9 Å². The van der Waals surface area contributed by atoms with Gasteiger partial charge in [0.05, 0.1) is 18.6 Å². The van der Waals surface area contributed by atoms with Gasteiger partial charge in [0.25, 0.3) is 5.91 Å². The number of phenolic OH excluding ortho intramolecular Hbond substituents is 1. The second-order valence-corrected chi connectivity index (χ2v) is 16.1. The number of carboxylic acid groups (broad SMARTS) is 1. The fourth-order valence-electron chi connectivity index (χ4n) is 6.89. The van der Waals surface area contributed by atoms with E-state index in [0.717, 1.165) is 36.3 Å². The predicted octanol–water partition coefficient (Wildman–Crippen LogP) is 5.32.